The Morgan fingerprint density at radius 1 is 1.17 bits per heavy atom. The Labute approximate surface area is 174 Å². The number of carbonyl (C=O) groups is 3. The average Bonchev–Trinajstić information content (AvgIpc) is 3.23. The van der Waals surface area contributed by atoms with Gasteiger partial charge in [0.15, 0.2) is 0 Å². The maximum atomic E-state index is 13.1. The van der Waals surface area contributed by atoms with Crippen molar-refractivity contribution in [3.05, 3.63) is 63.7 Å². The van der Waals surface area contributed by atoms with Crippen molar-refractivity contribution in [1.82, 2.24) is 10.2 Å². The van der Waals surface area contributed by atoms with Crippen LogP contribution in [0.5, 0.6) is 0 Å². The first kappa shape index (κ1) is 19.5. The summed E-state index contributed by atoms with van der Waals surface area (Å²) in [6.45, 7) is 3.18. The number of anilines is 1. The van der Waals surface area contributed by atoms with Gasteiger partial charge in [-0.3, -0.25) is 14.5 Å². The maximum Gasteiger partial charge on any atom is 0.325 e. The predicted octanol–water partition coefficient (Wildman–Crippen LogP) is 3.54. The fraction of sp³-hybridized carbons (Fsp3) is 0.318. The normalized spacial score (nSPS) is 20.6. The van der Waals surface area contributed by atoms with Gasteiger partial charge in [0.25, 0.3) is 5.91 Å². The van der Waals surface area contributed by atoms with E-state index < -0.39 is 23.4 Å². The molecule has 1 saturated heterocycles. The summed E-state index contributed by atoms with van der Waals surface area (Å²) in [7, 11) is 0. The number of urea groups is 1. The Hall–Kier alpha value is -2.86. The fourth-order valence-electron chi connectivity index (χ4n) is 3.93. The zero-order valence-electron chi connectivity index (χ0n) is 16.3. The van der Waals surface area contributed by atoms with Crippen LogP contribution in [0.1, 0.15) is 35.6 Å². The second-order valence-electron chi connectivity index (χ2n) is 7.80. The summed E-state index contributed by atoms with van der Waals surface area (Å²) < 4.78 is 0. The molecule has 1 unspecified atom stereocenters. The molecule has 2 N–H and O–H groups in total. The summed E-state index contributed by atoms with van der Waals surface area (Å²) in [6.07, 6.45) is 3.12. The van der Waals surface area contributed by atoms with Gasteiger partial charge in [0.2, 0.25) is 5.91 Å². The van der Waals surface area contributed by atoms with Crippen molar-refractivity contribution in [1.29, 1.82) is 0 Å². The average molecular weight is 412 g/mol. The van der Waals surface area contributed by atoms with Crippen molar-refractivity contribution in [3.63, 3.8) is 0 Å². The van der Waals surface area contributed by atoms with Gasteiger partial charge < -0.3 is 10.6 Å². The van der Waals surface area contributed by atoms with Crippen LogP contribution in [0, 0.1) is 6.92 Å². The summed E-state index contributed by atoms with van der Waals surface area (Å²) in [5, 5.41) is 5.97. The van der Waals surface area contributed by atoms with Crippen molar-refractivity contribution < 1.29 is 14.4 Å². The lowest BCUT2D eigenvalue weighted by Gasteiger charge is -2.23. The minimum atomic E-state index is -1.18. The Kier molecular flexibility index (Phi) is 4.82. The summed E-state index contributed by atoms with van der Waals surface area (Å²) in [5.41, 5.74) is 3.48. The highest BCUT2D eigenvalue weighted by Gasteiger charge is 2.49. The molecule has 4 rings (SSSR count). The van der Waals surface area contributed by atoms with Gasteiger partial charge in [-0.2, -0.15) is 0 Å². The molecular weight excluding hydrogens is 390 g/mol. The highest BCUT2D eigenvalue weighted by molar-refractivity contribution is 6.31. The molecule has 6 nitrogen and oxygen atoms in total. The Bertz CT molecular complexity index is 1040. The van der Waals surface area contributed by atoms with Crippen LogP contribution in [0.2, 0.25) is 5.02 Å². The molecule has 1 aliphatic heterocycles. The molecule has 7 heteroatoms. The van der Waals surface area contributed by atoms with E-state index in [0.29, 0.717) is 10.7 Å². The molecule has 150 valence electrons. The Balaban J connectivity index is 1.50. The standard InChI is InChI=1S/C22H22ClN3O3/c1-13-6-9-17(11-18(13)23)24-19(27)12-26-20(28)22(2,25-21(26)29)16-8-7-14-4-3-5-15(14)10-16/h6-11H,3-5,12H2,1-2H3,(H,24,27)(H,25,29). The second kappa shape index (κ2) is 7.19. The van der Waals surface area contributed by atoms with Gasteiger partial charge in [-0.05, 0) is 67.5 Å². The number of carbonyl (C=O) groups excluding carboxylic acids is 3. The number of nitrogens with one attached hydrogen (secondary N) is 2. The minimum Gasteiger partial charge on any atom is -0.324 e. The topological polar surface area (TPSA) is 78.5 Å². The van der Waals surface area contributed by atoms with E-state index in [2.05, 4.69) is 10.6 Å². The van der Waals surface area contributed by atoms with E-state index in [1.54, 1.807) is 25.1 Å². The smallest absolute Gasteiger partial charge is 0.324 e. The van der Waals surface area contributed by atoms with Crippen LogP contribution in [0.3, 0.4) is 0 Å². The fourth-order valence-corrected chi connectivity index (χ4v) is 4.11. The number of amides is 4. The predicted molar refractivity (Wildman–Crippen MR) is 111 cm³/mol. The lowest BCUT2D eigenvalue weighted by atomic mass is 9.89. The number of rotatable bonds is 4. The van der Waals surface area contributed by atoms with Crippen LogP contribution in [-0.4, -0.2) is 29.3 Å². The molecular formula is C22H22ClN3O3. The summed E-state index contributed by atoms with van der Waals surface area (Å²) in [6, 6.07) is 10.5. The first-order chi connectivity index (χ1) is 13.8. The molecule has 0 radical (unpaired) electrons. The first-order valence-electron chi connectivity index (χ1n) is 9.60. The molecule has 4 amide bonds. The van der Waals surface area contributed by atoms with Crippen LogP contribution in [-0.2, 0) is 28.0 Å². The molecule has 2 aliphatic rings. The van der Waals surface area contributed by atoms with Gasteiger partial charge in [0.1, 0.15) is 12.1 Å². The molecule has 1 fully saturated rings. The molecule has 0 saturated carbocycles. The van der Waals surface area contributed by atoms with E-state index in [0.717, 1.165) is 35.3 Å². The highest BCUT2D eigenvalue weighted by Crippen LogP contribution is 2.32. The van der Waals surface area contributed by atoms with Crippen LogP contribution < -0.4 is 10.6 Å². The number of benzene rings is 2. The number of nitrogens with zero attached hydrogens (tertiary/aromatic N) is 1. The third kappa shape index (κ3) is 3.49. The molecule has 1 heterocycles. The third-order valence-electron chi connectivity index (χ3n) is 5.71. The van der Waals surface area contributed by atoms with E-state index in [4.69, 9.17) is 11.6 Å². The zero-order chi connectivity index (χ0) is 20.8. The van der Waals surface area contributed by atoms with E-state index >= 15 is 0 Å². The number of fused-ring (bicyclic) bond motifs is 1. The van der Waals surface area contributed by atoms with Gasteiger partial charge >= 0.3 is 6.03 Å². The minimum absolute atomic E-state index is 0.364. The SMILES string of the molecule is Cc1ccc(NC(=O)CN2C(=O)NC(C)(c3ccc4c(c3)CCC4)C2=O)cc1Cl. The van der Waals surface area contributed by atoms with Gasteiger partial charge in [-0.25, -0.2) is 4.79 Å². The van der Waals surface area contributed by atoms with Crippen molar-refractivity contribution in [2.24, 2.45) is 0 Å². The Morgan fingerprint density at radius 3 is 2.69 bits per heavy atom. The highest BCUT2D eigenvalue weighted by atomic mass is 35.5. The summed E-state index contributed by atoms with van der Waals surface area (Å²) in [4.78, 5) is 38.9. The van der Waals surface area contributed by atoms with E-state index in [1.165, 1.54) is 11.1 Å². The molecule has 1 atom stereocenters. The van der Waals surface area contributed by atoms with Gasteiger partial charge in [-0.15, -0.1) is 0 Å². The Morgan fingerprint density at radius 2 is 1.93 bits per heavy atom. The van der Waals surface area contributed by atoms with Crippen molar-refractivity contribution >= 4 is 35.1 Å². The molecule has 0 bridgehead atoms. The van der Waals surface area contributed by atoms with Crippen LogP contribution in [0.4, 0.5) is 10.5 Å². The second-order valence-corrected chi connectivity index (χ2v) is 8.20. The lowest BCUT2D eigenvalue weighted by Crippen LogP contribution is -2.42. The lowest BCUT2D eigenvalue weighted by molar-refractivity contribution is -0.133. The largest absolute Gasteiger partial charge is 0.325 e. The number of hydrogen-bond donors (Lipinski definition) is 2. The van der Waals surface area contributed by atoms with Crippen LogP contribution >= 0.6 is 11.6 Å². The summed E-state index contributed by atoms with van der Waals surface area (Å²) in [5.74, 6) is -0.899. The van der Waals surface area contributed by atoms with E-state index in [9.17, 15) is 14.4 Å². The van der Waals surface area contributed by atoms with Gasteiger partial charge in [0.05, 0.1) is 0 Å². The molecule has 0 aromatic heterocycles. The van der Waals surface area contributed by atoms with Crippen molar-refractivity contribution in [2.45, 2.75) is 38.6 Å². The number of halogens is 1. The van der Waals surface area contributed by atoms with Gasteiger partial charge in [-0.1, -0.05) is 35.9 Å². The van der Waals surface area contributed by atoms with Crippen LogP contribution in [0.25, 0.3) is 0 Å². The van der Waals surface area contributed by atoms with Gasteiger partial charge in [0, 0.05) is 10.7 Å². The third-order valence-corrected chi connectivity index (χ3v) is 6.12. The van der Waals surface area contributed by atoms with Crippen molar-refractivity contribution in [2.75, 3.05) is 11.9 Å². The van der Waals surface area contributed by atoms with E-state index in [-0.39, 0.29) is 6.54 Å². The number of aryl methyl sites for hydroxylation is 3. The molecule has 29 heavy (non-hydrogen) atoms. The molecule has 2 aromatic carbocycles. The zero-order valence-corrected chi connectivity index (χ0v) is 17.1. The quantitative estimate of drug-likeness (QED) is 0.755. The number of hydrogen-bond acceptors (Lipinski definition) is 3. The first-order valence-corrected chi connectivity index (χ1v) is 9.98. The maximum absolute atomic E-state index is 13.1. The summed E-state index contributed by atoms with van der Waals surface area (Å²) >= 11 is 6.08. The van der Waals surface area contributed by atoms with Crippen molar-refractivity contribution in [3.8, 4) is 0 Å². The number of imide groups is 1. The molecule has 1 aliphatic carbocycles. The molecule has 0 spiro atoms. The molecule has 2 aromatic rings. The monoisotopic (exact) mass is 411 g/mol. The van der Waals surface area contributed by atoms with E-state index in [1.807, 2.05) is 25.1 Å². The van der Waals surface area contributed by atoms with Crippen LogP contribution in [0.15, 0.2) is 36.4 Å².